The molecule has 3 atom stereocenters. The van der Waals surface area contributed by atoms with Gasteiger partial charge >= 0.3 is 0 Å². The molecule has 0 aliphatic carbocycles. The summed E-state index contributed by atoms with van der Waals surface area (Å²) < 4.78 is 0. The summed E-state index contributed by atoms with van der Waals surface area (Å²) in [6.07, 6.45) is 0.974. The fourth-order valence-corrected chi connectivity index (χ4v) is 4.09. The monoisotopic (exact) mass is 387 g/mol. The van der Waals surface area contributed by atoms with E-state index in [0.717, 1.165) is 39.1 Å². The molecular weight excluding hydrogens is 357 g/mol. The molecule has 142 valence electrons. The van der Waals surface area contributed by atoms with Crippen molar-refractivity contribution in [3.63, 3.8) is 0 Å². The number of piperidine rings is 1. The molecular formula is C19H31Cl2N3O. The quantitative estimate of drug-likeness (QED) is 0.834. The standard InChI is InChI=1S/C19H29N3O.2ClH/c1-14-11-22(13-16-6-4-3-5-7-16)12-15(2)18(14)21-19(23)17-8-9-20-10-17;;/h3-7,14-15,17-18,20H,8-13H2,1-2H3,(H,21,23);2*1H. The first-order valence-corrected chi connectivity index (χ1v) is 8.91. The summed E-state index contributed by atoms with van der Waals surface area (Å²) in [7, 11) is 0. The molecule has 2 heterocycles. The Labute approximate surface area is 163 Å². The lowest BCUT2D eigenvalue weighted by molar-refractivity contribution is -0.126. The maximum atomic E-state index is 12.4. The Morgan fingerprint density at radius 1 is 1.16 bits per heavy atom. The molecule has 1 aromatic rings. The lowest BCUT2D eigenvalue weighted by Crippen LogP contribution is -2.55. The lowest BCUT2D eigenvalue weighted by Gasteiger charge is -2.42. The van der Waals surface area contributed by atoms with E-state index in [1.54, 1.807) is 0 Å². The van der Waals surface area contributed by atoms with Crippen molar-refractivity contribution in [3.05, 3.63) is 35.9 Å². The van der Waals surface area contributed by atoms with Gasteiger partial charge in [-0.3, -0.25) is 9.69 Å². The van der Waals surface area contributed by atoms with Gasteiger partial charge in [0.15, 0.2) is 0 Å². The van der Waals surface area contributed by atoms with Gasteiger partial charge in [-0.25, -0.2) is 0 Å². The lowest BCUT2D eigenvalue weighted by atomic mass is 9.85. The highest BCUT2D eigenvalue weighted by Gasteiger charge is 2.34. The highest BCUT2D eigenvalue weighted by Crippen LogP contribution is 2.24. The van der Waals surface area contributed by atoms with Crippen molar-refractivity contribution < 1.29 is 4.79 Å². The molecule has 3 rings (SSSR count). The van der Waals surface area contributed by atoms with E-state index in [4.69, 9.17) is 0 Å². The number of benzene rings is 1. The average molecular weight is 388 g/mol. The van der Waals surface area contributed by atoms with E-state index < -0.39 is 0 Å². The first-order chi connectivity index (χ1) is 11.1. The first kappa shape index (κ1) is 22.2. The molecule has 0 bridgehead atoms. The molecule has 2 fully saturated rings. The van der Waals surface area contributed by atoms with Crippen LogP contribution in [0.15, 0.2) is 30.3 Å². The first-order valence-electron chi connectivity index (χ1n) is 8.91. The van der Waals surface area contributed by atoms with Crippen LogP contribution in [0.1, 0.15) is 25.8 Å². The van der Waals surface area contributed by atoms with Gasteiger partial charge < -0.3 is 10.6 Å². The Balaban J connectivity index is 0.00000156. The predicted octanol–water partition coefficient (Wildman–Crippen LogP) is 2.71. The van der Waals surface area contributed by atoms with E-state index in [-0.39, 0.29) is 36.6 Å². The van der Waals surface area contributed by atoms with E-state index >= 15 is 0 Å². The molecule has 0 saturated carbocycles. The van der Waals surface area contributed by atoms with E-state index in [1.807, 2.05) is 0 Å². The summed E-state index contributed by atoms with van der Waals surface area (Å²) >= 11 is 0. The molecule has 2 aliphatic rings. The number of hydrogen-bond donors (Lipinski definition) is 2. The number of carbonyl (C=O) groups excluding carboxylic acids is 1. The van der Waals surface area contributed by atoms with Crippen molar-refractivity contribution >= 4 is 30.7 Å². The van der Waals surface area contributed by atoms with Crippen LogP contribution in [0, 0.1) is 17.8 Å². The fourth-order valence-electron chi connectivity index (χ4n) is 4.09. The number of hydrogen-bond acceptors (Lipinski definition) is 3. The van der Waals surface area contributed by atoms with Crippen molar-refractivity contribution in [2.75, 3.05) is 26.2 Å². The molecule has 4 nitrogen and oxygen atoms in total. The molecule has 6 heteroatoms. The third kappa shape index (κ3) is 5.85. The summed E-state index contributed by atoms with van der Waals surface area (Å²) in [6, 6.07) is 11.0. The van der Waals surface area contributed by atoms with Gasteiger partial charge in [-0.2, -0.15) is 0 Å². The Morgan fingerprint density at radius 2 is 1.80 bits per heavy atom. The molecule has 25 heavy (non-hydrogen) atoms. The molecule has 1 aromatic carbocycles. The smallest absolute Gasteiger partial charge is 0.224 e. The second-order valence-corrected chi connectivity index (χ2v) is 7.36. The number of halogens is 2. The largest absolute Gasteiger partial charge is 0.352 e. The van der Waals surface area contributed by atoms with Crippen LogP contribution in [0.2, 0.25) is 0 Å². The summed E-state index contributed by atoms with van der Waals surface area (Å²) in [5.74, 6) is 1.38. The minimum absolute atomic E-state index is 0. The zero-order valence-corrected chi connectivity index (χ0v) is 16.7. The summed E-state index contributed by atoms with van der Waals surface area (Å²) in [6.45, 7) is 9.44. The molecule has 0 radical (unpaired) electrons. The van der Waals surface area contributed by atoms with Gasteiger partial charge in [0.05, 0.1) is 5.92 Å². The third-order valence-electron chi connectivity index (χ3n) is 5.31. The minimum Gasteiger partial charge on any atom is -0.352 e. The average Bonchev–Trinajstić information content (AvgIpc) is 3.06. The van der Waals surface area contributed by atoms with Crippen LogP contribution < -0.4 is 10.6 Å². The Kier molecular flexibility index (Phi) is 9.22. The zero-order chi connectivity index (χ0) is 16.2. The van der Waals surface area contributed by atoms with Gasteiger partial charge in [0.2, 0.25) is 5.91 Å². The van der Waals surface area contributed by atoms with Crippen LogP contribution in [0.25, 0.3) is 0 Å². The van der Waals surface area contributed by atoms with Crippen LogP contribution in [0.3, 0.4) is 0 Å². The van der Waals surface area contributed by atoms with Gasteiger partial charge in [0.1, 0.15) is 0 Å². The van der Waals surface area contributed by atoms with E-state index in [2.05, 4.69) is 59.7 Å². The molecule has 1 amide bonds. The van der Waals surface area contributed by atoms with Gasteiger partial charge in [0, 0.05) is 32.2 Å². The zero-order valence-electron chi connectivity index (χ0n) is 15.1. The fraction of sp³-hybridized carbons (Fsp3) is 0.632. The Hall–Kier alpha value is -0.810. The van der Waals surface area contributed by atoms with Crippen LogP contribution in [0.5, 0.6) is 0 Å². The summed E-state index contributed by atoms with van der Waals surface area (Å²) in [5, 5.41) is 6.62. The van der Waals surface area contributed by atoms with Crippen molar-refractivity contribution in [3.8, 4) is 0 Å². The summed E-state index contributed by atoms with van der Waals surface area (Å²) in [4.78, 5) is 14.9. The van der Waals surface area contributed by atoms with Crippen LogP contribution >= 0.6 is 24.8 Å². The van der Waals surface area contributed by atoms with Gasteiger partial charge in [-0.1, -0.05) is 44.2 Å². The van der Waals surface area contributed by atoms with Gasteiger partial charge in [0.25, 0.3) is 0 Å². The molecule has 2 saturated heterocycles. The van der Waals surface area contributed by atoms with Gasteiger partial charge in [-0.05, 0) is 30.4 Å². The molecule has 0 aromatic heterocycles. The van der Waals surface area contributed by atoms with Crippen LogP contribution in [0.4, 0.5) is 0 Å². The van der Waals surface area contributed by atoms with E-state index in [0.29, 0.717) is 17.9 Å². The maximum absolute atomic E-state index is 12.4. The normalized spacial score (nSPS) is 29.4. The highest BCUT2D eigenvalue weighted by molar-refractivity contribution is 5.85. The molecule has 2 N–H and O–H groups in total. The summed E-state index contributed by atoms with van der Waals surface area (Å²) in [5.41, 5.74) is 1.37. The number of carbonyl (C=O) groups is 1. The number of nitrogens with zero attached hydrogens (tertiary/aromatic N) is 1. The molecule has 3 unspecified atom stereocenters. The maximum Gasteiger partial charge on any atom is 0.224 e. The number of likely N-dealkylation sites (tertiary alicyclic amines) is 1. The third-order valence-corrected chi connectivity index (χ3v) is 5.31. The molecule has 0 spiro atoms. The van der Waals surface area contributed by atoms with Crippen LogP contribution in [-0.4, -0.2) is 43.0 Å². The van der Waals surface area contributed by atoms with Gasteiger partial charge in [-0.15, -0.1) is 24.8 Å². The number of rotatable bonds is 4. The molecule has 2 aliphatic heterocycles. The number of amides is 1. The SMILES string of the molecule is CC1CN(Cc2ccccc2)CC(C)C1NC(=O)C1CCNC1.Cl.Cl. The van der Waals surface area contributed by atoms with E-state index in [9.17, 15) is 4.79 Å². The second kappa shape index (κ2) is 10.4. The predicted molar refractivity (Wildman–Crippen MR) is 107 cm³/mol. The topological polar surface area (TPSA) is 44.4 Å². The van der Waals surface area contributed by atoms with Crippen molar-refractivity contribution in [1.29, 1.82) is 0 Å². The number of nitrogens with one attached hydrogen (secondary N) is 2. The highest BCUT2D eigenvalue weighted by atomic mass is 35.5. The van der Waals surface area contributed by atoms with Crippen LogP contribution in [-0.2, 0) is 11.3 Å². The van der Waals surface area contributed by atoms with Crippen molar-refractivity contribution in [2.24, 2.45) is 17.8 Å². The van der Waals surface area contributed by atoms with Crippen molar-refractivity contribution in [1.82, 2.24) is 15.5 Å². The Bertz CT molecular complexity index is 511. The minimum atomic E-state index is 0. The second-order valence-electron chi connectivity index (χ2n) is 7.36. The van der Waals surface area contributed by atoms with Crippen molar-refractivity contribution in [2.45, 2.75) is 32.9 Å². The van der Waals surface area contributed by atoms with E-state index in [1.165, 1.54) is 5.56 Å². The Morgan fingerprint density at radius 3 is 2.36 bits per heavy atom.